The minimum atomic E-state index is -0.501. The number of amides is 1. The maximum atomic E-state index is 11.9. The first-order chi connectivity index (χ1) is 13.5. The van der Waals surface area contributed by atoms with Crippen molar-refractivity contribution in [3.8, 4) is 17.2 Å². The van der Waals surface area contributed by atoms with Crippen molar-refractivity contribution in [3.63, 3.8) is 0 Å². The smallest absolute Gasteiger partial charge is 0.310 e. The minimum absolute atomic E-state index is 0.0318. The molecular weight excluding hydrogens is 362 g/mol. The molecule has 0 atom stereocenters. The quantitative estimate of drug-likeness (QED) is 0.498. The van der Waals surface area contributed by atoms with Crippen molar-refractivity contribution in [2.45, 2.75) is 13.3 Å². The molecule has 7 heteroatoms. The first-order valence-corrected chi connectivity index (χ1v) is 8.84. The number of aryl methyl sites for hydroxylation is 1. The highest BCUT2D eigenvalue weighted by molar-refractivity contribution is 5.81. The number of esters is 1. The molecule has 0 radical (unpaired) electrons. The Bertz CT molecular complexity index is 805. The Morgan fingerprint density at radius 3 is 2.50 bits per heavy atom. The van der Waals surface area contributed by atoms with Gasteiger partial charge in [-0.1, -0.05) is 18.2 Å². The third-order valence-electron chi connectivity index (χ3n) is 3.84. The van der Waals surface area contributed by atoms with Crippen LogP contribution in [-0.4, -0.2) is 45.9 Å². The summed E-state index contributed by atoms with van der Waals surface area (Å²) in [6.07, 6.45) is 0.0318. The van der Waals surface area contributed by atoms with Gasteiger partial charge in [0.05, 0.1) is 27.2 Å². The Morgan fingerprint density at radius 1 is 1.00 bits per heavy atom. The largest absolute Gasteiger partial charge is 0.493 e. The molecule has 0 aliphatic heterocycles. The summed E-state index contributed by atoms with van der Waals surface area (Å²) in [5.41, 5.74) is 1.80. The van der Waals surface area contributed by atoms with Crippen LogP contribution in [0.3, 0.4) is 0 Å². The SMILES string of the molecule is COc1ccc(CC(=O)OCC(=O)NCCOc2cccc(C)c2)cc1OC. The van der Waals surface area contributed by atoms with Gasteiger partial charge in [0.15, 0.2) is 18.1 Å². The highest BCUT2D eigenvalue weighted by atomic mass is 16.5. The van der Waals surface area contributed by atoms with Crippen molar-refractivity contribution >= 4 is 11.9 Å². The predicted octanol–water partition coefficient (Wildman–Crippen LogP) is 2.29. The van der Waals surface area contributed by atoms with E-state index in [1.165, 1.54) is 14.2 Å². The first kappa shape index (κ1) is 21.1. The zero-order valence-electron chi connectivity index (χ0n) is 16.3. The van der Waals surface area contributed by atoms with Gasteiger partial charge in [-0.05, 0) is 42.3 Å². The molecule has 0 aromatic heterocycles. The second-order valence-corrected chi connectivity index (χ2v) is 6.04. The van der Waals surface area contributed by atoms with E-state index in [2.05, 4.69) is 5.32 Å². The van der Waals surface area contributed by atoms with Gasteiger partial charge in [0.2, 0.25) is 0 Å². The topological polar surface area (TPSA) is 83.1 Å². The molecule has 1 amide bonds. The lowest BCUT2D eigenvalue weighted by atomic mass is 10.1. The maximum absolute atomic E-state index is 11.9. The molecule has 7 nitrogen and oxygen atoms in total. The van der Waals surface area contributed by atoms with Gasteiger partial charge in [0, 0.05) is 0 Å². The van der Waals surface area contributed by atoms with Crippen LogP contribution in [0, 0.1) is 6.92 Å². The van der Waals surface area contributed by atoms with E-state index in [-0.39, 0.29) is 18.9 Å². The number of carbonyl (C=O) groups is 2. The van der Waals surface area contributed by atoms with Crippen LogP contribution >= 0.6 is 0 Å². The Hall–Kier alpha value is -3.22. The Morgan fingerprint density at radius 2 is 1.79 bits per heavy atom. The van der Waals surface area contributed by atoms with Gasteiger partial charge in [-0.25, -0.2) is 0 Å². The Labute approximate surface area is 164 Å². The van der Waals surface area contributed by atoms with E-state index >= 15 is 0 Å². The highest BCUT2D eigenvalue weighted by Gasteiger charge is 2.11. The average Bonchev–Trinajstić information content (AvgIpc) is 2.69. The van der Waals surface area contributed by atoms with Gasteiger partial charge in [-0.3, -0.25) is 9.59 Å². The van der Waals surface area contributed by atoms with E-state index in [1.807, 2.05) is 31.2 Å². The van der Waals surface area contributed by atoms with E-state index in [4.69, 9.17) is 18.9 Å². The van der Waals surface area contributed by atoms with Crippen LogP contribution in [0.4, 0.5) is 0 Å². The van der Waals surface area contributed by atoms with E-state index in [9.17, 15) is 9.59 Å². The summed E-state index contributed by atoms with van der Waals surface area (Å²) >= 11 is 0. The fourth-order valence-corrected chi connectivity index (χ4v) is 2.47. The molecule has 0 fully saturated rings. The van der Waals surface area contributed by atoms with E-state index in [0.29, 0.717) is 30.2 Å². The molecule has 0 heterocycles. The van der Waals surface area contributed by atoms with Crippen molar-refractivity contribution in [2.75, 3.05) is 34.0 Å². The lowest BCUT2D eigenvalue weighted by molar-refractivity contribution is -0.147. The lowest BCUT2D eigenvalue weighted by Gasteiger charge is -2.10. The van der Waals surface area contributed by atoms with Crippen molar-refractivity contribution in [2.24, 2.45) is 0 Å². The number of carbonyl (C=O) groups excluding carboxylic acids is 2. The number of benzene rings is 2. The van der Waals surface area contributed by atoms with Gasteiger partial charge in [0.1, 0.15) is 12.4 Å². The summed E-state index contributed by atoms with van der Waals surface area (Å²) in [7, 11) is 3.06. The number of methoxy groups -OCH3 is 2. The maximum Gasteiger partial charge on any atom is 0.310 e. The number of hydrogen-bond acceptors (Lipinski definition) is 6. The van der Waals surface area contributed by atoms with Crippen LogP contribution in [0.15, 0.2) is 42.5 Å². The summed E-state index contributed by atoms with van der Waals surface area (Å²) < 4.78 is 20.9. The van der Waals surface area contributed by atoms with Crippen LogP contribution < -0.4 is 19.5 Å². The molecule has 0 spiro atoms. The predicted molar refractivity (Wildman–Crippen MR) is 104 cm³/mol. The molecule has 0 unspecified atom stereocenters. The molecule has 0 bridgehead atoms. The summed E-state index contributed by atoms with van der Waals surface area (Å²) in [4.78, 5) is 23.7. The van der Waals surface area contributed by atoms with Gasteiger partial charge in [-0.15, -0.1) is 0 Å². The van der Waals surface area contributed by atoms with Crippen molar-refractivity contribution in [1.29, 1.82) is 0 Å². The molecule has 0 aliphatic carbocycles. The highest BCUT2D eigenvalue weighted by Crippen LogP contribution is 2.27. The van der Waals surface area contributed by atoms with Crippen molar-refractivity contribution in [3.05, 3.63) is 53.6 Å². The van der Waals surface area contributed by atoms with Crippen LogP contribution in [-0.2, 0) is 20.7 Å². The third-order valence-corrected chi connectivity index (χ3v) is 3.84. The Balaban J connectivity index is 1.67. The molecule has 28 heavy (non-hydrogen) atoms. The van der Waals surface area contributed by atoms with Crippen LogP contribution in [0.5, 0.6) is 17.2 Å². The van der Waals surface area contributed by atoms with E-state index in [1.54, 1.807) is 18.2 Å². The third kappa shape index (κ3) is 6.83. The van der Waals surface area contributed by atoms with Gasteiger partial charge < -0.3 is 24.3 Å². The van der Waals surface area contributed by atoms with Crippen LogP contribution in [0.2, 0.25) is 0 Å². The zero-order chi connectivity index (χ0) is 20.4. The molecule has 1 N–H and O–H groups in total. The number of hydrogen-bond donors (Lipinski definition) is 1. The van der Waals surface area contributed by atoms with Gasteiger partial charge >= 0.3 is 5.97 Å². The molecule has 0 saturated heterocycles. The number of rotatable bonds is 10. The molecule has 2 aromatic rings. The standard InChI is InChI=1S/C21H25NO6/c1-15-5-4-6-17(11-15)27-10-9-22-20(23)14-28-21(24)13-16-7-8-18(25-2)19(12-16)26-3/h4-8,11-12H,9-10,13-14H2,1-3H3,(H,22,23). The van der Waals surface area contributed by atoms with Crippen molar-refractivity contribution in [1.82, 2.24) is 5.32 Å². The molecule has 150 valence electrons. The van der Waals surface area contributed by atoms with E-state index in [0.717, 1.165) is 11.3 Å². The second kappa shape index (κ2) is 10.8. The summed E-state index contributed by atoms with van der Waals surface area (Å²) in [5, 5.41) is 2.64. The van der Waals surface area contributed by atoms with Gasteiger partial charge in [0.25, 0.3) is 5.91 Å². The normalized spacial score (nSPS) is 10.1. The van der Waals surface area contributed by atoms with E-state index < -0.39 is 5.97 Å². The zero-order valence-corrected chi connectivity index (χ0v) is 16.3. The van der Waals surface area contributed by atoms with Crippen LogP contribution in [0.1, 0.15) is 11.1 Å². The monoisotopic (exact) mass is 387 g/mol. The lowest BCUT2D eigenvalue weighted by Crippen LogP contribution is -2.32. The second-order valence-electron chi connectivity index (χ2n) is 6.04. The fraction of sp³-hybridized carbons (Fsp3) is 0.333. The fourth-order valence-electron chi connectivity index (χ4n) is 2.47. The first-order valence-electron chi connectivity index (χ1n) is 8.84. The molecule has 2 rings (SSSR count). The van der Waals surface area contributed by atoms with Crippen LogP contribution in [0.25, 0.3) is 0 Å². The minimum Gasteiger partial charge on any atom is -0.493 e. The van der Waals surface area contributed by atoms with Crippen molar-refractivity contribution < 1.29 is 28.5 Å². The molecule has 0 saturated carbocycles. The average molecular weight is 387 g/mol. The summed E-state index contributed by atoms with van der Waals surface area (Å²) in [6, 6.07) is 12.8. The molecule has 2 aromatic carbocycles. The number of nitrogens with one attached hydrogen (secondary N) is 1. The Kier molecular flexibility index (Phi) is 8.14. The number of ether oxygens (including phenoxy) is 4. The summed E-state index contributed by atoms with van der Waals surface area (Å²) in [6.45, 7) is 2.29. The summed E-state index contributed by atoms with van der Waals surface area (Å²) in [5.74, 6) is 0.966. The van der Waals surface area contributed by atoms with Gasteiger partial charge in [-0.2, -0.15) is 0 Å². The molecule has 0 aliphatic rings. The molecular formula is C21H25NO6.